The molecule has 2 aliphatic rings. The molecule has 2 saturated heterocycles. The predicted octanol–water partition coefficient (Wildman–Crippen LogP) is 1.83. The SMILES string of the molecule is CC(COCC1CO1)OCC(C)OCC(C)OCC(C)OCC(C)OCC1CO1. The number of ether oxygens (including phenoxy) is 8. The lowest BCUT2D eigenvalue weighted by molar-refractivity contribution is -0.0998. The molecule has 0 aromatic heterocycles. The topological polar surface area (TPSA) is 80.4 Å². The van der Waals surface area contributed by atoms with Gasteiger partial charge in [0.1, 0.15) is 12.2 Å². The van der Waals surface area contributed by atoms with Crippen molar-refractivity contribution in [1.82, 2.24) is 0 Å². The van der Waals surface area contributed by atoms with E-state index in [1.165, 1.54) is 0 Å². The van der Waals surface area contributed by atoms with Crippen molar-refractivity contribution in [3.63, 3.8) is 0 Å². The van der Waals surface area contributed by atoms with Gasteiger partial charge in [0.15, 0.2) is 0 Å². The smallest absolute Gasteiger partial charge is 0.104 e. The highest BCUT2D eigenvalue weighted by molar-refractivity contribution is 4.68. The van der Waals surface area contributed by atoms with E-state index in [0.29, 0.717) is 52.4 Å². The van der Waals surface area contributed by atoms with E-state index in [1.807, 2.05) is 34.6 Å². The summed E-state index contributed by atoms with van der Waals surface area (Å²) >= 11 is 0. The molecule has 8 nitrogen and oxygen atoms in total. The molecule has 2 fully saturated rings. The summed E-state index contributed by atoms with van der Waals surface area (Å²) in [6.45, 7) is 15.6. The molecule has 7 unspecified atom stereocenters. The van der Waals surface area contributed by atoms with Crippen LogP contribution in [0, 0.1) is 0 Å². The molecule has 0 aromatic carbocycles. The molecule has 2 rings (SSSR count). The molecular formula is C21H40O8. The summed E-state index contributed by atoms with van der Waals surface area (Å²) in [5.74, 6) is 0. The van der Waals surface area contributed by atoms with Crippen molar-refractivity contribution in [1.29, 1.82) is 0 Å². The van der Waals surface area contributed by atoms with Crippen LogP contribution >= 0.6 is 0 Å². The van der Waals surface area contributed by atoms with Crippen LogP contribution in [0.2, 0.25) is 0 Å². The van der Waals surface area contributed by atoms with E-state index in [4.69, 9.17) is 37.9 Å². The van der Waals surface area contributed by atoms with Crippen molar-refractivity contribution in [2.75, 3.05) is 59.5 Å². The number of hydrogen-bond acceptors (Lipinski definition) is 8. The Morgan fingerprint density at radius 1 is 0.552 bits per heavy atom. The van der Waals surface area contributed by atoms with Gasteiger partial charge in [0, 0.05) is 0 Å². The van der Waals surface area contributed by atoms with Gasteiger partial charge in [-0.1, -0.05) is 0 Å². The molecule has 2 aliphatic heterocycles. The zero-order valence-electron chi connectivity index (χ0n) is 18.7. The monoisotopic (exact) mass is 420 g/mol. The molecule has 0 saturated carbocycles. The van der Waals surface area contributed by atoms with Crippen LogP contribution in [0.1, 0.15) is 34.6 Å². The van der Waals surface area contributed by atoms with E-state index in [1.54, 1.807) is 0 Å². The van der Waals surface area contributed by atoms with Crippen molar-refractivity contribution in [3.8, 4) is 0 Å². The summed E-state index contributed by atoms with van der Waals surface area (Å²) in [5.41, 5.74) is 0. The van der Waals surface area contributed by atoms with E-state index in [0.717, 1.165) is 13.2 Å². The summed E-state index contributed by atoms with van der Waals surface area (Å²) in [6.07, 6.45) is 0.654. The lowest BCUT2D eigenvalue weighted by Gasteiger charge is -2.22. The second-order valence-electron chi connectivity index (χ2n) is 8.17. The first-order chi connectivity index (χ1) is 13.9. The summed E-state index contributed by atoms with van der Waals surface area (Å²) in [5, 5.41) is 0. The van der Waals surface area contributed by atoms with E-state index in [2.05, 4.69) is 0 Å². The zero-order valence-corrected chi connectivity index (χ0v) is 18.7. The fourth-order valence-corrected chi connectivity index (χ4v) is 2.41. The second kappa shape index (κ2) is 13.9. The minimum Gasteiger partial charge on any atom is -0.376 e. The molecule has 0 aromatic rings. The first-order valence-electron chi connectivity index (χ1n) is 10.8. The van der Waals surface area contributed by atoms with Gasteiger partial charge in [0.25, 0.3) is 0 Å². The predicted molar refractivity (Wildman–Crippen MR) is 107 cm³/mol. The number of rotatable bonds is 19. The van der Waals surface area contributed by atoms with Gasteiger partial charge >= 0.3 is 0 Å². The third kappa shape index (κ3) is 13.6. The Balaban J connectivity index is 1.40. The van der Waals surface area contributed by atoms with Crippen molar-refractivity contribution >= 4 is 0 Å². The Morgan fingerprint density at radius 3 is 1.31 bits per heavy atom. The number of epoxide rings is 2. The first kappa shape index (κ1) is 24.9. The molecule has 8 heteroatoms. The van der Waals surface area contributed by atoms with Gasteiger partial charge in [0.05, 0.1) is 90.0 Å². The molecule has 172 valence electrons. The lowest BCUT2D eigenvalue weighted by Crippen LogP contribution is -2.29. The Morgan fingerprint density at radius 2 is 0.897 bits per heavy atom. The van der Waals surface area contributed by atoms with Crippen LogP contribution in [-0.2, 0) is 37.9 Å². The van der Waals surface area contributed by atoms with Crippen molar-refractivity contribution in [2.24, 2.45) is 0 Å². The fourth-order valence-electron chi connectivity index (χ4n) is 2.41. The van der Waals surface area contributed by atoms with Gasteiger partial charge in [-0.25, -0.2) is 0 Å². The zero-order chi connectivity index (χ0) is 21.1. The van der Waals surface area contributed by atoms with Gasteiger partial charge in [0.2, 0.25) is 0 Å². The Labute approximate surface area is 175 Å². The van der Waals surface area contributed by atoms with Crippen molar-refractivity contribution < 1.29 is 37.9 Å². The molecule has 7 atom stereocenters. The standard InChI is InChI=1S/C21H40O8/c1-15(6-22-11-20-13-28-20)23-7-16(2)24-8-17(3)25-9-18(4)26-10-19(5)27-12-21-14-29-21/h15-21H,6-14H2,1-5H3. The van der Waals surface area contributed by atoms with Crippen LogP contribution in [0.15, 0.2) is 0 Å². The van der Waals surface area contributed by atoms with Crippen LogP contribution in [0.25, 0.3) is 0 Å². The third-order valence-electron chi connectivity index (χ3n) is 4.49. The van der Waals surface area contributed by atoms with Crippen molar-refractivity contribution in [2.45, 2.75) is 77.3 Å². The maximum atomic E-state index is 5.82. The van der Waals surface area contributed by atoms with Crippen LogP contribution in [-0.4, -0.2) is 102 Å². The molecule has 29 heavy (non-hydrogen) atoms. The molecule has 0 N–H and O–H groups in total. The normalized spacial score (nSPS) is 26.0. The van der Waals surface area contributed by atoms with Crippen LogP contribution in [0.3, 0.4) is 0 Å². The first-order valence-corrected chi connectivity index (χ1v) is 10.8. The fraction of sp³-hybridized carbons (Fsp3) is 1.00. The van der Waals surface area contributed by atoms with Gasteiger partial charge in [-0.2, -0.15) is 0 Å². The average molecular weight is 421 g/mol. The highest BCUT2D eigenvalue weighted by Crippen LogP contribution is 2.11. The Hall–Kier alpha value is -0.320. The molecular weight excluding hydrogens is 380 g/mol. The highest BCUT2D eigenvalue weighted by atomic mass is 16.6. The molecule has 0 spiro atoms. The van der Waals surface area contributed by atoms with Gasteiger partial charge < -0.3 is 37.9 Å². The largest absolute Gasteiger partial charge is 0.376 e. The summed E-state index contributed by atoms with van der Waals surface area (Å²) in [4.78, 5) is 0. The average Bonchev–Trinajstić information content (AvgIpc) is 3.60. The summed E-state index contributed by atoms with van der Waals surface area (Å²) in [6, 6.07) is 0. The molecule has 0 bridgehead atoms. The highest BCUT2D eigenvalue weighted by Gasteiger charge is 2.24. The second-order valence-corrected chi connectivity index (χ2v) is 8.17. The van der Waals surface area contributed by atoms with Gasteiger partial charge in [-0.05, 0) is 34.6 Å². The third-order valence-corrected chi connectivity index (χ3v) is 4.49. The summed E-state index contributed by atoms with van der Waals surface area (Å²) in [7, 11) is 0. The van der Waals surface area contributed by atoms with Crippen LogP contribution in [0.4, 0.5) is 0 Å². The van der Waals surface area contributed by atoms with E-state index >= 15 is 0 Å². The Bertz CT molecular complexity index is 415. The van der Waals surface area contributed by atoms with Crippen LogP contribution in [0.5, 0.6) is 0 Å². The molecule has 0 aliphatic carbocycles. The maximum Gasteiger partial charge on any atom is 0.104 e. The maximum absolute atomic E-state index is 5.82. The van der Waals surface area contributed by atoms with E-state index < -0.39 is 0 Å². The lowest BCUT2D eigenvalue weighted by atomic mass is 10.3. The van der Waals surface area contributed by atoms with Crippen molar-refractivity contribution in [3.05, 3.63) is 0 Å². The minimum atomic E-state index is -0.0107. The van der Waals surface area contributed by atoms with Crippen LogP contribution < -0.4 is 0 Å². The molecule has 0 amide bonds. The van der Waals surface area contributed by atoms with Gasteiger partial charge in [-0.15, -0.1) is 0 Å². The quantitative estimate of drug-likeness (QED) is 0.293. The number of hydrogen-bond donors (Lipinski definition) is 0. The summed E-state index contributed by atoms with van der Waals surface area (Å²) < 4.78 is 44.6. The van der Waals surface area contributed by atoms with E-state index in [9.17, 15) is 0 Å². The molecule has 0 radical (unpaired) electrons. The minimum absolute atomic E-state index is 0.00242. The van der Waals surface area contributed by atoms with Gasteiger partial charge in [-0.3, -0.25) is 0 Å². The van der Waals surface area contributed by atoms with E-state index in [-0.39, 0.29) is 36.6 Å². The molecule has 2 heterocycles. The Kier molecular flexibility index (Phi) is 11.9.